The van der Waals surface area contributed by atoms with E-state index in [9.17, 15) is 5.26 Å². The summed E-state index contributed by atoms with van der Waals surface area (Å²) >= 11 is 0. The van der Waals surface area contributed by atoms with Crippen LogP contribution in [0.5, 0.6) is 0 Å². The van der Waals surface area contributed by atoms with Gasteiger partial charge in [-0.15, -0.1) is 5.10 Å². The molecule has 108 valence electrons. The number of hydrogen-bond acceptors (Lipinski definition) is 4. The summed E-state index contributed by atoms with van der Waals surface area (Å²) in [6, 6.07) is 2.75. The second-order valence-corrected chi connectivity index (χ2v) is 5.68. The average Bonchev–Trinajstić information content (AvgIpc) is 2.48. The van der Waals surface area contributed by atoms with Gasteiger partial charge >= 0.3 is 0 Å². The molecule has 1 aromatic rings. The van der Waals surface area contributed by atoms with E-state index in [-0.39, 0.29) is 0 Å². The second kappa shape index (κ2) is 6.69. The molecule has 1 fully saturated rings. The molecule has 0 aliphatic heterocycles. The van der Waals surface area contributed by atoms with Crippen molar-refractivity contribution in [2.45, 2.75) is 65.3 Å². The Kier molecular flexibility index (Phi) is 4.94. The maximum atomic E-state index is 9.49. The first kappa shape index (κ1) is 14.8. The highest BCUT2D eigenvalue weighted by Crippen LogP contribution is 2.28. The SMILES string of the molecule is CCc1nnc(NC2CCCCC2C)c(C#N)c1CC. The largest absolute Gasteiger partial charge is 0.364 e. The van der Waals surface area contributed by atoms with Crippen LogP contribution in [0.1, 0.15) is 63.3 Å². The number of hydrogen-bond donors (Lipinski definition) is 1. The number of aryl methyl sites for hydroxylation is 1. The lowest BCUT2D eigenvalue weighted by Crippen LogP contribution is -2.31. The van der Waals surface area contributed by atoms with Crippen molar-refractivity contribution in [1.29, 1.82) is 5.26 Å². The van der Waals surface area contributed by atoms with Gasteiger partial charge in [-0.05, 0) is 37.2 Å². The summed E-state index contributed by atoms with van der Waals surface area (Å²) in [7, 11) is 0. The van der Waals surface area contributed by atoms with Gasteiger partial charge in [-0.2, -0.15) is 10.4 Å². The zero-order chi connectivity index (χ0) is 14.5. The van der Waals surface area contributed by atoms with Gasteiger partial charge in [0.05, 0.1) is 5.69 Å². The summed E-state index contributed by atoms with van der Waals surface area (Å²) < 4.78 is 0. The molecular weight excluding hydrogens is 248 g/mol. The molecule has 20 heavy (non-hydrogen) atoms. The Morgan fingerprint density at radius 2 is 1.95 bits per heavy atom. The van der Waals surface area contributed by atoms with Crippen molar-refractivity contribution < 1.29 is 0 Å². The van der Waals surface area contributed by atoms with Crippen LogP contribution in [0.2, 0.25) is 0 Å². The van der Waals surface area contributed by atoms with E-state index in [0.717, 1.165) is 30.5 Å². The van der Waals surface area contributed by atoms with Crippen molar-refractivity contribution in [2.24, 2.45) is 5.92 Å². The van der Waals surface area contributed by atoms with E-state index >= 15 is 0 Å². The van der Waals surface area contributed by atoms with Crippen molar-refractivity contribution in [3.05, 3.63) is 16.8 Å². The van der Waals surface area contributed by atoms with Gasteiger partial charge in [0.1, 0.15) is 11.6 Å². The lowest BCUT2D eigenvalue weighted by molar-refractivity contribution is 0.348. The molecule has 4 nitrogen and oxygen atoms in total. The molecule has 1 saturated carbocycles. The first-order valence-corrected chi connectivity index (χ1v) is 7.76. The molecule has 2 atom stereocenters. The Labute approximate surface area is 121 Å². The smallest absolute Gasteiger partial charge is 0.167 e. The third-order valence-electron chi connectivity index (χ3n) is 4.39. The van der Waals surface area contributed by atoms with Gasteiger partial charge in [0.15, 0.2) is 5.82 Å². The normalized spacial score (nSPS) is 22.3. The van der Waals surface area contributed by atoms with E-state index in [2.05, 4.69) is 42.4 Å². The summed E-state index contributed by atoms with van der Waals surface area (Å²) in [5.74, 6) is 1.31. The van der Waals surface area contributed by atoms with E-state index in [4.69, 9.17) is 0 Å². The predicted molar refractivity (Wildman–Crippen MR) is 80.5 cm³/mol. The molecule has 0 amide bonds. The Balaban J connectivity index is 2.30. The molecule has 0 spiro atoms. The minimum Gasteiger partial charge on any atom is -0.364 e. The Hall–Kier alpha value is -1.63. The molecule has 0 radical (unpaired) electrons. The van der Waals surface area contributed by atoms with E-state index in [1.54, 1.807) is 0 Å². The van der Waals surface area contributed by atoms with Crippen LogP contribution in [0.3, 0.4) is 0 Å². The molecule has 1 aliphatic carbocycles. The van der Waals surface area contributed by atoms with Gasteiger partial charge in [0, 0.05) is 6.04 Å². The quantitative estimate of drug-likeness (QED) is 0.911. The van der Waals surface area contributed by atoms with Crippen molar-refractivity contribution >= 4 is 5.82 Å². The van der Waals surface area contributed by atoms with Gasteiger partial charge < -0.3 is 5.32 Å². The molecule has 1 aliphatic rings. The van der Waals surface area contributed by atoms with Crippen molar-refractivity contribution in [1.82, 2.24) is 10.2 Å². The highest BCUT2D eigenvalue weighted by Gasteiger charge is 2.23. The van der Waals surface area contributed by atoms with Crippen LogP contribution in [0, 0.1) is 17.2 Å². The Morgan fingerprint density at radius 3 is 2.55 bits per heavy atom. The molecule has 2 unspecified atom stereocenters. The third-order valence-corrected chi connectivity index (χ3v) is 4.39. The molecule has 2 rings (SSSR count). The fourth-order valence-electron chi connectivity index (χ4n) is 3.10. The van der Waals surface area contributed by atoms with Gasteiger partial charge in [0.2, 0.25) is 0 Å². The van der Waals surface area contributed by atoms with Crippen molar-refractivity contribution in [2.75, 3.05) is 5.32 Å². The van der Waals surface area contributed by atoms with E-state index < -0.39 is 0 Å². The monoisotopic (exact) mass is 272 g/mol. The molecule has 4 heteroatoms. The first-order valence-electron chi connectivity index (χ1n) is 7.76. The molecule has 1 N–H and O–H groups in total. The number of aromatic nitrogens is 2. The van der Waals surface area contributed by atoms with E-state index in [1.165, 1.54) is 19.3 Å². The summed E-state index contributed by atoms with van der Waals surface area (Å²) in [5, 5.41) is 21.5. The van der Waals surface area contributed by atoms with Gasteiger partial charge in [0.25, 0.3) is 0 Å². The first-order chi connectivity index (χ1) is 9.71. The van der Waals surface area contributed by atoms with E-state index in [1.807, 2.05) is 0 Å². The Bertz CT molecular complexity index is 504. The summed E-state index contributed by atoms with van der Waals surface area (Å²) in [6.45, 7) is 6.40. The molecule has 1 heterocycles. The second-order valence-electron chi connectivity index (χ2n) is 5.68. The summed E-state index contributed by atoms with van der Waals surface area (Å²) in [4.78, 5) is 0. The van der Waals surface area contributed by atoms with Gasteiger partial charge in [-0.25, -0.2) is 0 Å². The standard InChI is InChI=1S/C16H24N4/c1-4-12-13(10-17)16(20-19-14(12)5-2)18-15-9-7-6-8-11(15)3/h11,15H,4-9H2,1-3H3,(H,18,20). The lowest BCUT2D eigenvalue weighted by Gasteiger charge is -2.30. The maximum absolute atomic E-state index is 9.49. The molecule has 0 saturated heterocycles. The molecule has 0 aromatic carbocycles. The van der Waals surface area contributed by atoms with Crippen LogP contribution in [-0.2, 0) is 12.8 Å². The minimum absolute atomic E-state index is 0.419. The fraction of sp³-hybridized carbons (Fsp3) is 0.688. The molecule has 1 aromatic heterocycles. The predicted octanol–water partition coefficient (Wildman–Crippen LogP) is 3.46. The highest BCUT2D eigenvalue weighted by molar-refractivity contribution is 5.57. The van der Waals surface area contributed by atoms with Crippen molar-refractivity contribution in [3.63, 3.8) is 0 Å². The number of nitrogens with zero attached hydrogens (tertiary/aromatic N) is 3. The number of anilines is 1. The van der Waals surface area contributed by atoms with E-state index in [0.29, 0.717) is 23.3 Å². The summed E-state index contributed by atoms with van der Waals surface area (Å²) in [6.07, 6.45) is 6.63. The summed E-state index contributed by atoms with van der Waals surface area (Å²) in [5.41, 5.74) is 2.69. The van der Waals surface area contributed by atoms with Gasteiger partial charge in [-0.1, -0.05) is 33.6 Å². The van der Waals surface area contributed by atoms with Crippen LogP contribution in [0.15, 0.2) is 0 Å². The van der Waals surface area contributed by atoms with Crippen LogP contribution < -0.4 is 5.32 Å². The third kappa shape index (κ3) is 2.92. The molecule has 0 bridgehead atoms. The van der Waals surface area contributed by atoms with Crippen molar-refractivity contribution in [3.8, 4) is 6.07 Å². The average molecular weight is 272 g/mol. The molecular formula is C16H24N4. The lowest BCUT2D eigenvalue weighted by atomic mass is 9.86. The number of rotatable bonds is 4. The van der Waals surface area contributed by atoms with Gasteiger partial charge in [-0.3, -0.25) is 0 Å². The van der Waals surface area contributed by atoms with Crippen LogP contribution in [0.25, 0.3) is 0 Å². The maximum Gasteiger partial charge on any atom is 0.167 e. The fourth-order valence-corrected chi connectivity index (χ4v) is 3.10. The topological polar surface area (TPSA) is 61.6 Å². The highest BCUT2D eigenvalue weighted by atomic mass is 15.2. The number of nitrogens with one attached hydrogen (secondary N) is 1. The van der Waals surface area contributed by atoms with Crippen LogP contribution in [-0.4, -0.2) is 16.2 Å². The Morgan fingerprint density at radius 1 is 1.20 bits per heavy atom. The zero-order valence-electron chi connectivity index (χ0n) is 12.7. The minimum atomic E-state index is 0.419. The number of nitriles is 1. The zero-order valence-corrected chi connectivity index (χ0v) is 12.7. The van der Waals surface area contributed by atoms with Crippen LogP contribution in [0.4, 0.5) is 5.82 Å². The van der Waals surface area contributed by atoms with Crippen LogP contribution >= 0.6 is 0 Å².